The van der Waals surface area contributed by atoms with Gasteiger partial charge < -0.3 is 9.64 Å². The average Bonchev–Trinajstić information content (AvgIpc) is 3.37. The van der Waals surface area contributed by atoms with Crippen LogP contribution in [0.1, 0.15) is 0 Å². The summed E-state index contributed by atoms with van der Waals surface area (Å²) in [6, 6.07) is 16.9. The van der Waals surface area contributed by atoms with E-state index >= 15 is 0 Å². The van der Waals surface area contributed by atoms with Gasteiger partial charge in [0.25, 0.3) is 0 Å². The monoisotopic (exact) mass is 345 g/mol. The number of nitrogens with zero attached hydrogens (tertiary/aromatic N) is 4. The minimum Gasteiger partial charge on any atom is -0.378 e. The molecule has 6 nitrogen and oxygen atoms in total. The predicted molar refractivity (Wildman–Crippen MR) is 102 cm³/mol. The summed E-state index contributed by atoms with van der Waals surface area (Å²) in [5, 5.41) is 12.8. The Morgan fingerprint density at radius 2 is 1.73 bits per heavy atom. The number of nitrogens with one attached hydrogen (secondary N) is 1. The highest BCUT2D eigenvalue weighted by Crippen LogP contribution is 2.26. The third-order valence-corrected chi connectivity index (χ3v) is 4.85. The Hall–Kier alpha value is -3.12. The molecule has 0 atom stereocenters. The first kappa shape index (κ1) is 15.2. The number of aromatic amines is 1. The number of rotatable bonds is 3. The zero-order valence-electron chi connectivity index (χ0n) is 14.3. The van der Waals surface area contributed by atoms with Gasteiger partial charge in [0.2, 0.25) is 0 Å². The largest absolute Gasteiger partial charge is 0.378 e. The van der Waals surface area contributed by atoms with E-state index in [1.807, 2.05) is 23.1 Å². The van der Waals surface area contributed by atoms with Gasteiger partial charge in [0.15, 0.2) is 0 Å². The van der Waals surface area contributed by atoms with E-state index < -0.39 is 0 Å². The van der Waals surface area contributed by atoms with Gasteiger partial charge in [0.1, 0.15) is 0 Å². The Balaban J connectivity index is 1.48. The molecule has 4 aromatic rings. The van der Waals surface area contributed by atoms with Crippen LogP contribution in [0.3, 0.4) is 0 Å². The maximum Gasteiger partial charge on any atom is 0.0741 e. The molecule has 26 heavy (non-hydrogen) atoms. The van der Waals surface area contributed by atoms with Crippen molar-refractivity contribution >= 4 is 16.6 Å². The zero-order chi connectivity index (χ0) is 17.3. The smallest absolute Gasteiger partial charge is 0.0741 e. The maximum absolute atomic E-state index is 5.43. The van der Waals surface area contributed by atoms with Crippen molar-refractivity contribution in [2.24, 2.45) is 0 Å². The fraction of sp³-hybridized carbons (Fsp3) is 0.200. The van der Waals surface area contributed by atoms with Crippen LogP contribution in [0.15, 0.2) is 60.9 Å². The highest BCUT2D eigenvalue weighted by Gasteiger charge is 2.12. The van der Waals surface area contributed by atoms with Crippen LogP contribution in [-0.4, -0.2) is 46.3 Å². The summed E-state index contributed by atoms with van der Waals surface area (Å²) >= 11 is 0. The van der Waals surface area contributed by atoms with Gasteiger partial charge in [-0.2, -0.15) is 10.2 Å². The number of hydrogen-bond donors (Lipinski definition) is 1. The van der Waals surface area contributed by atoms with E-state index in [1.165, 1.54) is 5.69 Å². The van der Waals surface area contributed by atoms with Crippen molar-refractivity contribution in [3.63, 3.8) is 0 Å². The van der Waals surface area contributed by atoms with Crippen molar-refractivity contribution in [2.45, 2.75) is 0 Å². The number of benzene rings is 2. The molecule has 1 fully saturated rings. The van der Waals surface area contributed by atoms with Crippen LogP contribution in [0.5, 0.6) is 0 Å². The highest BCUT2D eigenvalue weighted by atomic mass is 16.5. The lowest BCUT2D eigenvalue weighted by Gasteiger charge is -2.28. The molecule has 130 valence electrons. The summed E-state index contributed by atoms with van der Waals surface area (Å²) < 4.78 is 7.40. The van der Waals surface area contributed by atoms with Gasteiger partial charge >= 0.3 is 0 Å². The van der Waals surface area contributed by atoms with Crippen LogP contribution in [0, 0.1) is 0 Å². The van der Waals surface area contributed by atoms with Crippen LogP contribution in [-0.2, 0) is 4.74 Å². The van der Waals surface area contributed by atoms with E-state index in [-0.39, 0.29) is 0 Å². The van der Waals surface area contributed by atoms with E-state index in [2.05, 4.69) is 62.7 Å². The van der Waals surface area contributed by atoms with Crippen LogP contribution in [0.2, 0.25) is 0 Å². The Morgan fingerprint density at radius 3 is 2.58 bits per heavy atom. The van der Waals surface area contributed by atoms with E-state index in [0.717, 1.165) is 54.2 Å². The lowest BCUT2D eigenvalue weighted by atomic mass is 10.1. The molecule has 1 saturated heterocycles. The molecule has 0 unspecified atom stereocenters. The van der Waals surface area contributed by atoms with Gasteiger partial charge in [0.05, 0.1) is 42.5 Å². The minimum atomic E-state index is 0.793. The first-order valence-electron chi connectivity index (χ1n) is 8.79. The number of hydrogen-bond acceptors (Lipinski definition) is 4. The van der Waals surface area contributed by atoms with Crippen molar-refractivity contribution in [3.8, 4) is 16.9 Å². The minimum absolute atomic E-state index is 0.793. The molecular weight excluding hydrogens is 326 g/mol. The molecule has 2 aromatic carbocycles. The van der Waals surface area contributed by atoms with Crippen LogP contribution < -0.4 is 4.90 Å². The van der Waals surface area contributed by atoms with Crippen molar-refractivity contribution in [3.05, 3.63) is 60.9 Å². The van der Waals surface area contributed by atoms with Crippen LogP contribution in [0.4, 0.5) is 5.69 Å². The number of aromatic nitrogens is 4. The lowest BCUT2D eigenvalue weighted by Crippen LogP contribution is -2.36. The zero-order valence-corrected chi connectivity index (χ0v) is 14.3. The van der Waals surface area contributed by atoms with Crippen LogP contribution in [0.25, 0.3) is 27.8 Å². The predicted octanol–water partition coefficient (Wildman–Crippen LogP) is 3.25. The number of H-pyrrole nitrogens is 1. The first-order chi connectivity index (χ1) is 12.9. The molecular formula is C20H19N5O. The van der Waals surface area contributed by atoms with E-state index in [1.54, 1.807) is 0 Å². The Morgan fingerprint density at radius 1 is 0.923 bits per heavy atom. The summed E-state index contributed by atoms with van der Waals surface area (Å²) in [6.07, 6.45) is 3.67. The van der Waals surface area contributed by atoms with E-state index in [9.17, 15) is 0 Å². The summed E-state index contributed by atoms with van der Waals surface area (Å²) in [5.41, 5.74) is 5.46. The van der Waals surface area contributed by atoms with Crippen molar-refractivity contribution in [2.75, 3.05) is 31.2 Å². The van der Waals surface area contributed by atoms with E-state index in [0.29, 0.717) is 0 Å². The van der Waals surface area contributed by atoms with Crippen molar-refractivity contribution < 1.29 is 4.74 Å². The molecule has 5 rings (SSSR count). The van der Waals surface area contributed by atoms with Gasteiger partial charge in [-0.15, -0.1) is 0 Å². The first-order valence-corrected chi connectivity index (χ1v) is 8.79. The fourth-order valence-corrected chi connectivity index (χ4v) is 3.45. The second-order valence-electron chi connectivity index (χ2n) is 6.42. The van der Waals surface area contributed by atoms with Gasteiger partial charge in [0, 0.05) is 29.7 Å². The molecule has 0 amide bonds. The summed E-state index contributed by atoms with van der Waals surface area (Å²) in [5.74, 6) is 0. The molecule has 1 aliphatic rings. The lowest BCUT2D eigenvalue weighted by molar-refractivity contribution is 0.122. The van der Waals surface area contributed by atoms with Crippen molar-refractivity contribution in [1.82, 2.24) is 20.0 Å². The highest BCUT2D eigenvalue weighted by molar-refractivity contribution is 5.83. The van der Waals surface area contributed by atoms with Crippen LogP contribution >= 0.6 is 0 Å². The molecule has 1 aliphatic heterocycles. The topological polar surface area (TPSA) is 59.0 Å². The van der Waals surface area contributed by atoms with Gasteiger partial charge in [-0.05, 0) is 36.4 Å². The summed E-state index contributed by atoms with van der Waals surface area (Å²) in [4.78, 5) is 2.35. The Labute approximate surface area is 151 Å². The summed E-state index contributed by atoms with van der Waals surface area (Å²) in [7, 11) is 0. The quantitative estimate of drug-likeness (QED) is 0.619. The molecule has 0 aliphatic carbocycles. The number of morpholine rings is 1. The molecule has 3 heterocycles. The van der Waals surface area contributed by atoms with Gasteiger partial charge in [-0.1, -0.05) is 12.1 Å². The van der Waals surface area contributed by atoms with Gasteiger partial charge in [-0.25, -0.2) is 4.68 Å². The number of fused-ring (bicyclic) bond motifs is 1. The molecule has 0 spiro atoms. The number of ether oxygens (including phenoxy) is 1. The fourth-order valence-electron chi connectivity index (χ4n) is 3.45. The molecule has 2 aromatic heterocycles. The molecule has 0 bridgehead atoms. The third kappa shape index (κ3) is 2.64. The maximum atomic E-state index is 5.43. The summed E-state index contributed by atoms with van der Waals surface area (Å²) in [6.45, 7) is 3.47. The standard InChI is InChI=1S/C20H19N5O/c1-2-16-14-21-23-19(16)13-15(1)20-7-8-22-25(20)18-5-3-17(4-6-18)24-9-11-26-12-10-24/h1-8,13-14H,9-12H2,(H,21,23). The molecule has 1 N–H and O–H groups in total. The second kappa shape index (κ2) is 6.31. The molecule has 0 radical (unpaired) electrons. The number of anilines is 1. The SMILES string of the molecule is c1cc(-c2ccc3cn[nH]c3c2)n(-c2ccc(N3CCOCC3)cc2)n1. The molecule has 0 saturated carbocycles. The molecule has 6 heteroatoms. The average molecular weight is 345 g/mol. The van der Waals surface area contributed by atoms with Gasteiger partial charge in [-0.3, -0.25) is 5.10 Å². The second-order valence-corrected chi connectivity index (χ2v) is 6.42. The normalized spacial score (nSPS) is 14.8. The Kier molecular flexibility index (Phi) is 3.68. The van der Waals surface area contributed by atoms with Crippen molar-refractivity contribution in [1.29, 1.82) is 0 Å². The Bertz CT molecular complexity index is 1030. The third-order valence-electron chi connectivity index (χ3n) is 4.85. The van der Waals surface area contributed by atoms with E-state index in [4.69, 9.17) is 4.74 Å².